The van der Waals surface area contributed by atoms with Crippen molar-refractivity contribution < 1.29 is 24.3 Å². The number of nitrogens with zero attached hydrogens (tertiary/aromatic N) is 3. The number of aromatic amines is 1. The van der Waals surface area contributed by atoms with Gasteiger partial charge in [0, 0.05) is 43.2 Å². The van der Waals surface area contributed by atoms with Crippen molar-refractivity contribution in [2.24, 2.45) is 38.7 Å². The maximum atomic E-state index is 13.8. The number of guanidine groups is 2. The van der Waals surface area contributed by atoms with E-state index in [0.29, 0.717) is 32.2 Å². The smallest absolute Gasteiger partial charge is 0.326 e. The Labute approximate surface area is 254 Å². The molecule has 16 heteroatoms. The number of carboxylic acid groups (broad SMARTS) is 1. The number of likely N-dealkylation sites (tertiary alicyclic amines) is 1. The first-order chi connectivity index (χ1) is 21.0. The molecular formula is C28H43N11O5. The second-order valence-electron chi connectivity index (χ2n) is 10.7. The standard InChI is InChI=1S/C28H43N11O5/c29-18(7-3-11-34-27(30)31)23(40)38-21(14-16-15-36-19-8-2-1-6-17(16)19)24(41)37-20(9-4-12-35-28(32)33)25(42)39-13-5-10-22(39)26(43)44/h1-2,6,8,15,18,20-22,36H,3-5,7,9-14,29H2,(H,37,41)(H,38,40)(H,43,44)(H4,30,31,34)(H4,32,33,35). The van der Waals surface area contributed by atoms with Crippen LogP contribution in [0.5, 0.6) is 0 Å². The van der Waals surface area contributed by atoms with E-state index in [1.165, 1.54) is 4.90 Å². The number of nitrogens with two attached hydrogens (primary N) is 5. The SMILES string of the molecule is NC(N)=NCCCC(N)C(=O)NC(Cc1c[nH]c2ccccc12)C(=O)NC(CCCN=C(N)N)C(=O)N1CCCC1C(=O)O. The molecule has 0 spiro atoms. The minimum absolute atomic E-state index is 0.0653. The molecule has 1 aliphatic rings. The quantitative estimate of drug-likeness (QED) is 0.0581. The summed E-state index contributed by atoms with van der Waals surface area (Å²) >= 11 is 0. The van der Waals surface area contributed by atoms with Crippen LogP contribution >= 0.6 is 0 Å². The van der Waals surface area contributed by atoms with E-state index < -0.39 is 47.9 Å². The third-order valence-electron chi connectivity index (χ3n) is 7.42. The highest BCUT2D eigenvalue weighted by molar-refractivity contribution is 5.95. The molecule has 1 aliphatic heterocycles. The van der Waals surface area contributed by atoms with E-state index in [9.17, 15) is 24.3 Å². The Morgan fingerprint density at radius 3 is 2.25 bits per heavy atom. The number of aliphatic imine (C=N–C) groups is 2. The molecule has 0 radical (unpaired) electrons. The third-order valence-corrected chi connectivity index (χ3v) is 7.42. The van der Waals surface area contributed by atoms with Crippen molar-refractivity contribution in [3.8, 4) is 0 Å². The van der Waals surface area contributed by atoms with Gasteiger partial charge in [-0.25, -0.2) is 4.79 Å². The van der Waals surface area contributed by atoms with Crippen LogP contribution in [0.1, 0.15) is 44.1 Å². The number of H-pyrrole nitrogens is 1. The Hall–Kier alpha value is -4.86. The summed E-state index contributed by atoms with van der Waals surface area (Å²) in [6.45, 7) is 0.745. The van der Waals surface area contributed by atoms with Crippen LogP contribution in [0.4, 0.5) is 0 Å². The number of hydrogen-bond donors (Lipinski definition) is 9. The van der Waals surface area contributed by atoms with Gasteiger partial charge in [0.15, 0.2) is 11.9 Å². The summed E-state index contributed by atoms with van der Waals surface area (Å²) < 4.78 is 0. The van der Waals surface area contributed by atoms with E-state index in [2.05, 4.69) is 25.6 Å². The molecule has 0 bridgehead atoms. The van der Waals surface area contributed by atoms with E-state index in [0.717, 1.165) is 16.5 Å². The minimum atomic E-state index is -1.11. The molecule has 1 saturated heterocycles. The maximum absolute atomic E-state index is 13.8. The highest BCUT2D eigenvalue weighted by atomic mass is 16.4. The molecule has 240 valence electrons. The number of carbonyl (C=O) groups excluding carboxylic acids is 3. The van der Waals surface area contributed by atoms with Crippen LogP contribution in [0, 0.1) is 0 Å². The molecule has 4 atom stereocenters. The van der Waals surface area contributed by atoms with Gasteiger partial charge in [0.25, 0.3) is 0 Å². The van der Waals surface area contributed by atoms with Crippen LogP contribution in [-0.4, -0.2) is 94.4 Å². The molecule has 3 amide bonds. The number of aromatic nitrogens is 1. The van der Waals surface area contributed by atoms with Crippen molar-refractivity contribution >= 4 is 46.5 Å². The minimum Gasteiger partial charge on any atom is -0.480 e. The maximum Gasteiger partial charge on any atom is 0.326 e. The molecule has 0 saturated carbocycles. The Balaban J connectivity index is 1.82. The first-order valence-corrected chi connectivity index (χ1v) is 14.5. The van der Waals surface area contributed by atoms with Crippen LogP contribution in [0.25, 0.3) is 10.9 Å². The van der Waals surface area contributed by atoms with E-state index in [1.807, 2.05) is 24.3 Å². The fraction of sp³-hybridized carbons (Fsp3) is 0.500. The Morgan fingerprint density at radius 1 is 0.955 bits per heavy atom. The van der Waals surface area contributed by atoms with E-state index in [-0.39, 0.29) is 44.3 Å². The Morgan fingerprint density at radius 2 is 1.59 bits per heavy atom. The zero-order valence-electron chi connectivity index (χ0n) is 24.6. The van der Waals surface area contributed by atoms with Gasteiger partial charge in [-0.1, -0.05) is 18.2 Å². The molecule has 1 aromatic carbocycles. The molecule has 1 aromatic heterocycles. The lowest BCUT2D eigenvalue weighted by molar-refractivity contribution is -0.149. The number of rotatable bonds is 16. The lowest BCUT2D eigenvalue weighted by Crippen LogP contribution is -2.57. The number of benzene rings is 1. The molecule has 16 nitrogen and oxygen atoms in total. The van der Waals surface area contributed by atoms with Crippen LogP contribution in [0.15, 0.2) is 40.4 Å². The van der Waals surface area contributed by atoms with Crippen molar-refractivity contribution in [2.45, 2.75) is 69.1 Å². The highest BCUT2D eigenvalue weighted by Gasteiger charge is 2.38. The van der Waals surface area contributed by atoms with Crippen molar-refractivity contribution in [2.75, 3.05) is 19.6 Å². The molecule has 2 aromatic rings. The van der Waals surface area contributed by atoms with Crippen LogP contribution in [0.2, 0.25) is 0 Å². The lowest BCUT2D eigenvalue weighted by Gasteiger charge is -2.29. The summed E-state index contributed by atoms with van der Waals surface area (Å²) in [6.07, 6.45) is 3.88. The number of carboxylic acids is 1. The van der Waals surface area contributed by atoms with Crippen molar-refractivity contribution in [1.29, 1.82) is 0 Å². The predicted molar refractivity (Wildman–Crippen MR) is 166 cm³/mol. The number of fused-ring (bicyclic) bond motifs is 1. The van der Waals surface area contributed by atoms with Gasteiger partial charge in [0.1, 0.15) is 18.1 Å². The van der Waals surface area contributed by atoms with Gasteiger partial charge in [0.2, 0.25) is 17.7 Å². The van der Waals surface area contributed by atoms with Crippen LogP contribution < -0.4 is 39.3 Å². The largest absolute Gasteiger partial charge is 0.480 e. The van der Waals surface area contributed by atoms with Crippen molar-refractivity contribution in [3.63, 3.8) is 0 Å². The fourth-order valence-electron chi connectivity index (χ4n) is 5.18. The van der Waals surface area contributed by atoms with E-state index in [4.69, 9.17) is 28.7 Å². The molecular weight excluding hydrogens is 570 g/mol. The van der Waals surface area contributed by atoms with Gasteiger partial charge in [-0.15, -0.1) is 0 Å². The molecule has 3 rings (SSSR count). The number of aliphatic carboxylic acids is 1. The van der Waals surface area contributed by atoms with Gasteiger partial charge in [-0.05, 0) is 50.2 Å². The molecule has 14 N–H and O–H groups in total. The number of carbonyl (C=O) groups is 4. The van der Waals surface area contributed by atoms with Gasteiger partial charge in [0.05, 0.1) is 6.04 Å². The summed E-state index contributed by atoms with van der Waals surface area (Å²) in [6, 6.07) is 3.40. The number of nitrogens with one attached hydrogen (secondary N) is 3. The Kier molecular flexibility index (Phi) is 12.3. The lowest BCUT2D eigenvalue weighted by atomic mass is 10.0. The summed E-state index contributed by atoms with van der Waals surface area (Å²) in [5.41, 5.74) is 29.3. The van der Waals surface area contributed by atoms with Crippen LogP contribution in [-0.2, 0) is 25.6 Å². The average Bonchev–Trinajstić information content (AvgIpc) is 3.63. The summed E-state index contributed by atoms with van der Waals surface area (Å²) in [7, 11) is 0. The topological polar surface area (TPSA) is 286 Å². The highest BCUT2D eigenvalue weighted by Crippen LogP contribution is 2.21. The normalized spacial score (nSPS) is 16.5. The summed E-state index contributed by atoms with van der Waals surface area (Å²) in [5.74, 6) is -3.00. The van der Waals surface area contributed by atoms with Crippen LogP contribution in [0.3, 0.4) is 0 Å². The molecule has 0 aliphatic carbocycles. The van der Waals surface area contributed by atoms with Gasteiger partial charge >= 0.3 is 5.97 Å². The second-order valence-corrected chi connectivity index (χ2v) is 10.7. The van der Waals surface area contributed by atoms with Gasteiger partial charge in [-0.2, -0.15) is 0 Å². The predicted octanol–water partition coefficient (Wildman–Crippen LogP) is -1.81. The molecule has 1 fully saturated rings. The fourth-order valence-corrected chi connectivity index (χ4v) is 5.18. The second kappa shape index (κ2) is 16.1. The number of amides is 3. The molecule has 4 unspecified atom stereocenters. The van der Waals surface area contributed by atoms with Gasteiger partial charge in [-0.3, -0.25) is 24.4 Å². The zero-order chi connectivity index (χ0) is 32.2. The average molecular weight is 614 g/mol. The van der Waals surface area contributed by atoms with Gasteiger partial charge < -0.3 is 54.3 Å². The van der Waals surface area contributed by atoms with E-state index >= 15 is 0 Å². The summed E-state index contributed by atoms with van der Waals surface area (Å²) in [4.78, 5) is 64.5. The Bertz CT molecular complexity index is 1370. The number of hydrogen-bond acceptors (Lipinski definition) is 7. The van der Waals surface area contributed by atoms with Crippen molar-refractivity contribution in [1.82, 2.24) is 20.5 Å². The number of para-hydroxylation sites is 1. The third kappa shape index (κ3) is 9.58. The monoisotopic (exact) mass is 613 g/mol. The molecule has 44 heavy (non-hydrogen) atoms. The first kappa shape index (κ1) is 33.6. The molecule has 2 heterocycles. The van der Waals surface area contributed by atoms with Crippen molar-refractivity contribution in [3.05, 3.63) is 36.0 Å². The first-order valence-electron chi connectivity index (χ1n) is 14.5. The zero-order valence-corrected chi connectivity index (χ0v) is 24.6. The summed E-state index contributed by atoms with van der Waals surface area (Å²) in [5, 5.41) is 16.0. The van der Waals surface area contributed by atoms with E-state index in [1.54, 1.807) is 6.20 Å².